The number of carbonyl (C=O) groups excluding carboxylic acids is 1. The van der Waals surface area contributed by atoms with Crippen LogP contribution in [0.2, 0.25) is 0 Å². The van der Waals surface area contributed by atoms with Crippen molar-refractivity contribution in [1.82, 2.24) is 15.2 Å². The number of benzene rings is 1. The van der Waals surface area contributed by atoms with Gasteiger partial charge in [0.05, 0.1) is 6.04 Å². The first-order chi connectivity index (χ1) is 12.6. The van der Waals surface area contributed by atoms with Gasteiger partial charge in [-0.15, -0.1) is 0 Å². The molecular formula is C20H21N3O3. The van der Waals surface area contributed by atoms with E-state index in [-0.39, 0.29) is 23.6 Å². The van der Waals surface area contributed by atoms with Gasteiger partial charge in [0.2, 0.25) is 5.76 Å². The average molecular weight is 351 g/mol. The summed E-state index contributed by atoms with van der Waals surface area (Å²) < 4.78 is 10.7. The van der Waals surface area contributed by atoms with Gasteiger partial charge in [0.1, 0.15) is 17.1 Å². The van der Waals surface area contributed by atoms with Crippen LogP contribution in [0.1, 0.15) is 60.7 Å². The highest BCUT2D eigenvalue weighted by molar-refractivity contribution is 5.92. The van der Waals surface area contributed by atoms with E-state index in [0.29, 0.717) is 12.2 Å². The molecule has 0 aliphatic carbocycles. The molecule has 3 heterocycles. The van der Waals surface area contributed by atoms with Crippen molar-refractivity contribution in [2.45, 2.75) is 38.6 Å². The Balaban J connectivity index is 1.56. The molecule has 6 heteroatoms. The van der Waals surface area contributed by atoms with E-state index in [0.717, 1.165) is 29.9 Å². The molecule has 0 saturated carbocycles. The molecular weight excluding hydrogens is 330 g/mol. The third-order valence-electron chi connectivity index (χ3n) is 4.76. The van der Waals surface area contributed by atoms with Gasteiger partial charge in [0.15, 0.2) is 0 Å². The molecule has 0 bridgehead atoms. The molecule has 26 heavy (non-hydrogen) atoms. The summed E-state index contributed by atoms with van der Waals surface area (Å²) in [6, 6.07) is 13.3. The third kappa shape index (κ3) is 3.03. The predicted octanol–water partition coefficient (Wildman–Crippen LogP) is 4.43. The number of likely N-dealkylation sites (tertiary alicyclic amines) is 1. The summed E-state index contributed by atoms with van der Waals surface area (Å²) in [6.07, 6.45) is 1.80. The molecule has 0 radical (unpaired) electrons. The second-order valence-electron chi connectivity index (χ2n) is 6.91. The van der Waals surface area contributed by atoms with E-state index in [1.54, 1.807) is 11.0 Å². The van der Waals surface area contributed by atoms with Crippen LogP contribution in [0.15, 0.2) is 51.5 Å². The maximum Gasteiger partial charge on any atom is 0.293 e. The van der Waals surface area contributed by atoms with E-state index >= 15 is 0 Å². The molecule has 134 valence electrons. The van der Waals surface area contributed by atoms with Crippen LogP contribution >= 0.6 is 0 Å². The fraction of sp³-hybridized carbons (Fsp3) is 0.350. The lowest BCUT2D eigenvalue weighted by Gasteiger charge is -2.21. The molecule has 2 aromatic heterocycles. The lowest BCUT2D eigenvalue weighted by molar-refractivity contribution is 0.0688. The molecule has 1 amide bonds. The first-order valence-electron chi connectivity index (χ1n) is 8.93. The summed E-state index contributed by atoms with van der Waals surface area (Å²) in [5, 5.41) is 8.23. The minimum absolute atomic E-state index is 0.0796. The molecule has 4 rings (SSSR count). The fourth-order valence-corrected chi connectivity index (χ4v) is 3.31. The largest absolute Gasteiger partial charge is 0.361 e. The number of aromatic nitrogens is 2. The summed E-state index contributed by atoms with van der Waals surface area (Å²) in [4.78, 5) is 14.8. The number of hydrogen-bond acceptors (Lipinski definition) is 5. The molecule has 1 saturated heterocycles. The number of nitrogens with zero attached hydrogens (tertiary/aromatic N) is 3. The highest BCUT2D eigenvalue weighted by Crippen LogP contribution is 2.34. The van der Waals surface area contributed by atoms with Crippen molar-refractivity contribution in [3.8, 4) is 11.3 Å². The molecule has 1 unspecified atom stereocenters. The second-order valence-corrected chi connectivity index (χ2v) is 6.91. The van der Waals surface area contributed by atoms with Gasteiger partial charge in [-0.3, -0.25) is 4.79 Å². The van der Waals surface area contributed by atoms with Crippen LogP contribution < -0.4 is 0 Å². The Kier molecular flexibility index (Phi) is 4.32. The van der Waals surface area contributed by atoms with E-state index in [2.05, 4.69) is 24.2 Å². The number of rotatable bonds is 4. The van der Waals surface area contributed by atoms with Crippen molar-refractivity contribution >= 4 is 5.91 Å². The Morgan fingerprint density at radius 2 is 1.96 bits per heavy atom. The lowest BCUT2D eigenvalue weighted by atomic mass is 10.1. The average Bonchev–Trinajstić information content (AvgIpc) is 3.41. The summed E-state index contributed by atoms with van der Waals surface area (Å²) in [6.45, 7) is 4.79. The van der Waals surface area contributed by atoms with Gasteiger partial charge in [-0.1, -0.05) is 54.5 Å². The van der Waals surface area contributed by atoms with Gasteiger partial charge in [-0.2, -0.15) is 0 Å². The maximum absolute atomic E-state index is 12.9. The van der Waals surface area contributed by atoms with Crippen LogP contribution in [0.4, 0.5) is 0 Å². The van der Waals surface area contributed by atoms with Gasteiger partial charge in [0.25, 0.3) is 5.91 Å². The van der Waals surface area contributed by atoms with Gasteiger partial charge in [-0.25, -0.2) is 0 Å². The van der Waals surface area contributed by atoms with Crippen LogP contribution in [0.25, 0.3) is 11.3 Å². The Labute approximate surface area is 151 Å². The molecule has 1 fully saturated rings. The SMILES string of the molecule is CC(C)c1cc(C2CCCN2C(=O)c2cc(-c3ccccc3)no2)no1. The zero-order chi connectivity index (χ0) is 18.1. The molecule has 1 aliphatic rings. The van der Waals surface area contributed by atoms with Crippen LogP contribution in [0.3, 0.4) is 0 Å². The van der Waals surface area contributed by atoms with E-state index < -0.39 is 0 Å². The van der Waals surface area contributed by atoms with Crippen LogP contribution in [-0.4, -0.2) is 27.7 Å². The normalized spacial score (nSPS) is 17.2. The smallest absolute Gasteiger partial charge is 0.293 e. The summed E-state index contributed by atoms with van der Waals surface area (Å²) in [5.74, 6) is 1.20. The van der Waals surface area contributed by atoms with Gasteiger partial charge in [0, 0.05) is 30.2 Å². The minimum Gasteiger partial charge on any atom is -0.361 e. The maximum atomic E-state index is 12.9. The van der Waals surface area contributed by atoms with Crippen molar-refractivity contribution in [2.75, 3.05) is 6.54 Å². The van der Waals surface area contributed by atoms with E-state index in [4.69, 9.17) is 9.05 Å². The highest BCUT2D eigenvalue weighted by Gasteiger charge is 2.34. The fourth-order valence-electron chi connectivity index (χ4n) is 3.31. The first-order valence-corrected chi connectivity index (χ1v) is 8.93. The van der Waals surface area contributed by atoms with Gasteiger partial charge in [-0.05, 0) is 12.8 Å². The van der Waals surface area contributed by atoms with Crippen LogP contribution in [-0.2, 0) is 0 Å². The van der Waals surface area contributed by atoms with Crippen molar-refractivity contribution < 1.29 is 13.8 Å². The molecule has 1 aromatic carbocycles. The number of carbonyl (C=O) groups is 1. The Hall–Kier alpha value is -2.89. The lowest BCUT2D eigenvalue weighted by Crippen LogP contribution is -2.30. The summed E-state index contributed by atoms with van der Waals surface area (Å²) in [7, 11) is 0. The van der Waals surface area contributed by atoms with Crippen LogP contribution in [0, 0.1) is 0 Å². The second kappa shape index (κ2) is 6.78. The van der Waals surface area contributed by atoms with Gasteiger partial charge < -0.3 is 13.9 Å². The quantitative estimate of drug-likeness (QED) is 0.695. The Morgan fingerprint density at radius 3 is 2.69 bits per heavy atom. The molecule has 3 aromatic rings. The zero-order valence-electron chi connectivity index (χ0n) is 14.9. The Morgan fingerprint density at radius 1 is 1.15 bits per heavy atom. The first kappa shape index (κ1) is 16.6. The van der Waals surface area contributed by atoms with Crippen molar-refractivity contribution in [1.29, 1.82) is 0 Å². The van der Waals surface area contributed by atoms with Crippen molar-refractivity contribution in [2.24, 2.45) is 0 Å². The van der Waals surface area contributed by atoms with Crippen LogP contribution in [0.5, 0.6) is 0 Å². The zero-order valence-corrected chi connectivity index (χ0v) is 14.9. The monoisotopic (exact) mass is 351 g/mol. The Bertz CT molecular complexity index is 898. The van der Waals surface area contributed by atoms with E-state index in [1.807, 2.05) is 36.4 Å². The minimum atomic E-state index is -0.156. The highest BCUT2D eigenvalue weighted by atomic mass is 16.5. The summed E-state index contributed by atoms with van der Waals surface area (Å²) in [5.41, 5.74) is 2.39. The third-order valence-corrected chi connectivity index (χ3v) is 4.76. The van der Waals surface area contributed by atoms with Gasteiger partial charge >= 0.3 is 0 Å². The number of amides is 1. The predicted molar refractivity (Wildman–Crippen MR) is 95.5 cm³/mol. The molecule has 1 atom stereocenters. The van der Waals surface area contributed by atoms with E-state index in [1.165, 1.54) is 0 Å². The topological polar surface area (TPSA) is 72.4 Å². The van der Waals surface area contributed by atoms with Crippen molar-refractivity contribution in [3.05, 3.63) is 59.7 Å². The number of hydrogen-bond donors (Lipinski definition) is 0. The molecule has 0 N–H and O–H groups in total. The molecule has 6 nitrogen and oxygen atoms in total. The summed E-state index contributed by atoms with van der Waals surface area (Å²) >= 11 is 0. The van der Waals surface area contributed by atoms with Crippen molar-refractivity contribution in [3.63, 3.8) is 0 Å². The molecule has 1 aliphatic heterocycles. The van der Waals surface area contributed by atoms with E-state index in [9.17, 15) is 4.79 Å². The standard InChI is InChI=1S/C20H21N3O3/c1-13(2)18-12-16(22-25-18)17-9-6-10-23(17)20(24)19-11-15(21-26-19)14-7-4-3-5-8-14/h3-5,7-8,11-13,17H,6,9-10H2,1-2H3. The molecule has 0 spiro atoms.